The zero-order chi connectivity index (χ0) is 31.0. The average molecular weight is 603 g/mol. The molecular weight excluding hydrogens is 556 g/mol. The van der Waals surface area contributed by atoms with Crippen LogP contribution in [0.3, 0.4) is 0 Å². The average Bonchev–Trinajstić information content (AvgIpc) is 2.97. The Bertz CT molecular complexity index is 1370. The first-order chi connectivity index (χ1) is 20.4. The van der Waals surface area contributed by atoms with E-state index >= 15 is 0 Å². The SMILES string of the molecule is CN1CCC(OC(=O)Nc2cc(CCC(=O)Nc3ccc(CO[Si](C)(C)C(C)(C)C)cn3)ccc2-c2ccccc2)CC1. The number of piperidine rings is 1. The lowest BCUT2D eigenvalue weighted by atomic mass is 9.99. The lowest BCUT2D eigenvalue weighted by Crippen LogP contribution is -2.40. The number of ether oxygens (including phenoxy) is 1. The van der Waals surface area contributed by atoms with Crippen LogP contribution >= 0.6 is 0 Å². The van der Waals surface area contributed by atoms with Crippen LogP contribution in [0.15, 0.2) is 66.9 Å². The van der Waals surface area contributed by atoms with E-state index in [2.05, 4.69) is 61.4 Å². The number of hydrogen-bond donors (Lipinski definition) is 2. The number of rotatable bonds is 10. The van der Waals surface area contributed by atoms with E-state index < -0.39 is 14.4 Å². The number of nitrogens with zero attached hydrogens (tertiary/aromatic N) is 2. The number of hydrogen-bond acceptors (Lipinski definition) is 6. The third-order valence-corrected chi connectivity index (χ3v) is 13.0. The molecular formula is C34H46N4O4Si. The summed E-state index contributed by atoms with van der Waals surface area (Å²) in [7, 11) is 0.228. The Morgan fingerprint density at radius 3 is 2.33 bits per heavy atom. The molecule has 43 heavy (non-hydrogen) atoms. The molecule has 1 fully saturated rings. The molecule has 8 nitrogen and oxygen atoms in total. The molecule has 0 atom stereocenters. The van der Waals surface area contributed by atoms with Gasteiger partial charge in [0.05, 0.1) is 12.3 Å². The van der Waals surface area contributed by atoms with Crippen molar-refractivity contribution >= 4 is 31.8 Å². The first-order valence-corrected chi connectivity index (χ1v) is 18.0. The van der Waals surface area contributed by atoms with Gasteiger partial charge in [-0.05, 0) is 73.3 Å². The number of anilines is 2. The van der Waals surface area contributed by atoms with Gasteiger partial charge in [0.1, 0.15) is 11.9 Å². The fourth-order valence-corrected chi connectivity index (χ4v) is 5.60. The number of benzene rings is 2. The van der Waals surface area contributed by atoms with Crippen LogP contribution in [0, 0.1) is 0 Å². The van der Waals surface area contributed by atoms with Gasteiger partial charge >= 0.3 is 6.09 Å². The fourth-order valence-electron chi connectivity index (χ4n) is 4.64. The van der Waals surface area contributed by atoms with Gasteiger partial charge < -0.3 is 19.4 Å². The zero-order valence-corrected chi connectivity index (χ0v) is 27.4. The predicted octanol–water partition coefficient (Wildman–Crippen LogP) is 7.48. The normalized spacial score (nSPS) is 14.7. The molecule has 4 rings (SSSR count). The summed E-state index contributed by atoms with van der Waals surface area (Å²) in [5.74, 6) is 0.389. The molecule has 3 aromatic rings. The maximum atomic E-state index is 12.9. The molecule has 0 bridgehead atoms. The largest absolute Gasteiger partial charge is 0.446 e. The van der Waals surface area contributed by atoms with Crippen molar-refractivity contribution in [3.05, 3.63) is 78.0 Å². The van der Waals surface area contributed by atoms with E-state index in [1.807, 2.05) is 60.7 Å². The lowest BCUT2D eigenvalue weighted by molar-refractivity contribution is -0.116. The molecule has 0 unspecified atom stereocenters. The van der Waals surface area contributed by atoms with E-state index in [1.54, 1.807) is 6.20 Å². The van der Waals surface area contributed by atoms with Crippen molar-refractivity contribution < 1.29 is 18.8 Å². The summed E-state index contributed by atoms with van der Waals surface area (Å²) in [6, 6.07) is 19.6. The highest BCUT2D eigenvalue weighted by Crippen LogP contribution is 2.37. The second kappa shape index (κ2) is 14.3. The number of likely N-dealkylation sites (tertiary alicyclic amines) is 1. The Morgan fingerprint density at radius 2 is 1.67 bits per heavy atom. The minimum Gasteiger partial charge on any atom is -0.446 e. The highest BCUT2D eigenvalue weighted by Gasteiger charge is 2.37. The smallest absolute Gasteiger partial charge is 0.411 e. The van der Waals surface area contributed by atoms with Gasteiger partial charge in [0, 0.05) is 31.3 Å². The van der Waals surface area contributed by atoms with Crippen molar-refractivity contribution in [3.63, 3.8) is 0 Å². The molecule has 1 saturated heterocycles. The van der Waals surface area contributed by atoms with E-state index in [1.165, 1.54) is 0 Å². The number of carbonyl (C=O) groups excluding carboxylic acids is 2. The number of amides is 2. The van der Waals surface area contributed by atoms with Gasteiger partial charge in [-0.1, -0.05) is 69.3 Å². The highest BCUT2D eigenvalue weighted by atomic mass is 28.4. The first kappa shape index (κ1) is 32.4. The minimum absolute atomic E-state index is 0.0874. The van der Waals surface area contributed by atoms with Crippen LogP contribution in [-0.2, 0) is 27.0 Å². The monoisotopic (exact) mass is 602 g/mol. The van der Waals surface area contributed by atoms with Crippen LogP contribution in [0.1, 0.15) is 51.2 Å². The standard InChI is InChI=1S/C34H46N4O4Si/c1-34(2,3)43(5,6)41-24-26-13-16-31(35-23-26)37-32(39)17-14-25-12-15-29(27-10-8-7-9-11-27)30(22-25)36-33(40)42-28-18-20-38(4)21-19-28/h7-13,15-16,22-23,28H,14,17-21,24H2,1-6H3,(H,36,40)(H,35,37,39). The molecule has 1 aliphatic rings. The summed E-state index contributed by atoms with van der Waals surface area (Å²) in [5.41, 5.74) is 4.48. The van der Waals surface area contributed by atoms with Gasteiger partial charge in [-0.15, -0.1) is 0 Å². The topological polar surface area (TPSA) is 92.8 Å². The quantitative estimate of drug-likeness (QED) is 0.234. The summed E-state index contributed by atoms with van der Waals surface area (Å²) in [4.78, 5) is 32.3. The lowest BCUT2D eigenvalue weighted by Gasteiger charge is -2.36. The van der Waals surface area contributed by atoms with Crippen LogP contribution in [0.5, 0.6) is 0 Å². The van der Waals surface area contributed by atoms with Crippen LogP contribution in [0.2, 0.25) is 18.1 Å². The van der Waals surface area contributed by atoms with Crippen molar-refractivity contribution in [2.45, 2.75) is 77.3 Å². The summed E-state index contributed by atoms with van der Waals surface area (Å²) in [5, 5.41) is 6.01. The molecule has 1 aromatic heterocycles. The Kier molecular flexibility index (Phi) is 10.8. The van der Waals surface area contributed by atoms with Gasteiger partial charge in [0.2, 0.25) is 5.91 Å². The van der Waals surface area contributed by atoms with Crippen LogP contribution in [-0.4, -0.2) is 56.4 Å². The number of carbonyl (C=O) groups is 2. The second-order valence-electron chi connectivity index (χ2n) is 12.9. The van der Waals surface area contributed by atoms with Gasteiger partial charge in [0.25, 0.3) is 0 Å². The fraction of sp³-hybridized carbons (Fsp3) is 0.441. The van der Waals surface area contributed by atoms with Crippen LogP contribution in [0.4, 0.5) is 16.3 Å². The maximum Gasteiger partial charge on any atom is 0.411 e. The first-order valence-electron chi connectivity index (χ1n) is 15.1. The summed E-state index contributed by atoms with van der Waals surface area (Å²) >= 11 is 0. The van der Waals surface area contributed by atoms with Gasteiger partial charge in [-0.25, -0.2) is 9.78 Å². The van der Waals surface area contributed by atoms with Crippen LogP contribution < -0.4 is 10.6 Å². The molecule has 2 amide bonds. The molecule has 2 aromatic carbocycles. The Hall–Kier alpha value is -3.53. The Balaban J connectivity index is 1.35. The summed E-state index contributed by atoms with van der Waals surface area (Å²) in [6.07, 6.45) is 3.66. The van der Waals surface area contributed by atoms with E-state index in [4.69, 9.17) is 9.16 Å². The molecule has 2 N–H and O–H groups in total. The van der Waals surface area contributed by atoms with Crippen molar-refractivity contribution in [1.29, 1.82) is 0 Å². The van der Waals surface area contributed by atoms with E-state index in [0.717, 1.165) is 48.2 Å². The van der Waals surface area contributed by atoms with Crippen molar-refractivity contribution in [2.75, 3.05) is 30.8 Å². The Labute approximate surface area is 257 Å². The van der Waals surface area contributed by atoms with Crippen LogP contribution in [0.25, 0.3) is 11.1 Å². The molecule has 0 aliphatic carbocycles. The molecule has 1 aliphatic heterocycles. The predicted molar refractivity (Wildman–Crippen MR) is 176 cm³/mol. The third-order valence-electron chi connectivity index (χ3n) is 8.48. The molecule has 230 valence electrons. The molecule has 9 heteroatoms. The third kappa shape index (κ3) is 9.48. The number of pyridine rings is 1. The van der Waals surface area contributed by atoms with E-state index in [9.17, 15) is 9.59 Å². The second-order valence-corrected chi connectivity index (χ2v) is 17.7. The van der Waals surface area contributed by atoms with Gasteiger partial charge in [0.15, 0.2) is 8.32 Å². The number of aromatic nitrogens is 1. The van der Waals surface area contributed by atoms with E-state index in [0.29, 0.717) is 24.5 Å². The molecule has 0 spiro atoms. The highest BCUT2D eigenvalue weighted by molar-refractivity contribution is 6.74. The molecule has 2 heterocycles. The molecule has 0 saturated carbocycles. The van der Waals surface area contributed by atoms with Gasteiger partial charge in [-0.2, -0.15) is 0 Å². The Morgan fingerprint density at radius 1 is 0.977 bits per heavy atom. The zero-order valence-electron chi connectivity index (χ0n) is 26.4. The minimum atomic E-state index is -1.85. The maximum absolute atomic E-state index is 12.9. The summed E-state index contributed by atoms with van der Waals surface area (Å²) in [6.45, 7) is 13.4. The van der Waals surface area contributed by atoms with Crippen molar-refractivity contribution in [3.8, 4) is 11.1 Å². The van der Waals surface area contributed by atoms with Crippen molar-refractivity contribution in [1.82, 2.24) is 9.88 Å². The number of nitrogens with one attached hydrogen (secondary N) is 2. The van der Waals surface area contributed by atoms with E-state index in [-0.39, 0.29) is 23.5 Å². The van der Waals surface area contributed by atoms with Crippen molar-refractivity contribution in [2.24, 2.45) is 0 Å². The number of aryl methyl sites for hydroxylation is 1. The molecule has 0 radical (unpaired) electrons. The summed E-state index contributed by atoms with van der Waals surface area (Å²) < 4.78 is 12.0. The van der Waals surface area contributed by atoms with Gasteiger partial charge in [-0.3, -0.25) is 10.1 Å².